The van der Waals surface area contributed by atoms with E-state index < -0.39 is 10.0 Å². The Balaban J connectivity index is 1.53. The van der Waals surface area contributed by atoms with E-state index in [0.717, 1.165) is 15.2 Å². The third-order valence-electron chi connectivity index (χ3n) is 3.82. The zero-order valence-corrected chi connectivity index (χ0v) is 15.9. The number of sulfonamides is 1. The molecule has 0 bridgehead atoms. The Hall–Kier alpha value is -2.29. The zero-order chi connectivity index (χ0) is 18.6. The molecule has 0 radical (unpaired) electrons. The fourth-order valence-electron chi connectivity index (χ4n) is 2.44. The molecule has 1 heterocycles. The molecule has 6 nitrogen and oxygen atoms in total. The van der Waals surface area contributed by atoms with Crippen molar-refractivity contribution in [1.29, 1.82) is 0 Å². The molecule has 0 saturated carbocycles. The Bertz CT molecular complexity index is 968. The molecule has 0 atom stereocenters. The summed E-state index contributed by atoms with van der Waals surface area (Å²) >= 11 is 1.55. The highest BCUT2D eigenvalue weighted by molar-refractivity contribution is 7.89. The molecule has 0 fully saturated rings. The summed E-state index contributed by atoms with van der Waals surface area (Å²) in [5.41, 5.74) is 0.920. The van der Waals surface area contributed by atoms with Crippen molar-refractivity contribution in [3.05, 3.63) is 59.6 Å². The van der Waals surface area contributed by atoms with E-state index in [-0.39, 0.29) is 23.8 Å². The minimum atomic E-state index is -3.59. The Labute approximate surface area is 156 Å². The summed E-state index contributed by atoms with van der Waals surface area (Å²) in [6.07, 6.45) is 0.0907. The van der Waals surface area contributed by atoms with Crippen LogP contribution >= 0.6 is 11.3 Å². The number of carbonyl (C=O) groups is 1. The molecule has 0 spiro atoms. The molecule has 0 aliphatic rings. The van der Waals surface area contributed by atoms with Gasteiger partial charge in [0.25, 0.3) is 0 Å². The molecule has 2 aromatic carbocycles. The summed E-state index contributed by atoms with van der Waals surface area (Å²) in [5, 5.41) is 0.854. The van der Waals surface area contributed by atoms with Gasteiger partial charge < -0.3 is 4.90 Å². The number of thiazole rings is 1. The molecule has 1 amide bonds. The largest absolute Gasteiger partial charge is 0.339 e. The Morgan fingerprint density at radius 1 is 1.12 bits per heavy atom. The first-order valence-electron chi connectivity index (χ1n) is 8.09. The van der Waals surface area contributed by atoms with Crippen LogP contribution in [-0.2, 0) is 21.4 Å². The van der Waals surface area contributed by atoms with E-state index in [1.54, 1.807) is 41.5 Å². The van der Waals surface area contributed by atoms with Crippen molar-refractivity contribution in [2.24, 2.45) is 0 Å². The zero-order valence-electron chi connectivity index (χ0n) is 14.3. The van der Waals surface area contributed by atoms with Crippen LogP contribution in [0.2, 0.25) is 0 Å². The third-order valence-corrected chi connectivity index (χ3v) is 6.32. The molecule has 26 heavy (non-hydrogen) atoms. The van der Waals surface area contributed by atoms with E-state index in [1.807, 2.05) is 24.3 Å². The number of aromatic nitrogens is 1. The summed E-state index contributed by atoms with van der Waals surface area (Å²) in [4.78, 5) is 18.5. The van der Waals surface area contributed by atoms with Gasteiger partial charge in [-0.1, -0.05) is 30.3 Å². The lowest BCUT2D eigenvalue weighted by atomic mass is 10.3. The topological polar surface area (TPSA) is 79.4 Å². The second kappa shape index (κ2) is 7.94. The number of para-hydroxylation sites is 1. The molecule has 8 heteroatoms. The fraction of sp³-hybridized carbons (Fsp3) is 0.222. The van der Waals surface area contributed by atoms with Crippen molar-refractivity contribution < 1.29 is 13.2 Å². The van der Waals surface area contributed by atoms with E-state index in [0.29, 0.717) is 6.54 Å². The van der Waals surface area contributed by atoms with Crippen LogP contribution in [0.15, 0.2) is 59.5 Å². The lowest BCUT2D eigenvalue weighted by molar-refractivity contribution is -0.130. The van der Waals surface area contributed by atoms with Crippen molar-refractivity contribution in [3.63, 3.8) is 0 Å². The molecule has 0 unspecified atom stereocenters. The summed E-state index contributed by atoms with van der Waals surface area (Å²) in [6.45, 7) is 0.462. The molecule has 0 aliphatic heterocycles. The number of fused-ring (bicyclic) bond motifs is 1. The van der Waals surface area contributed by atoms with Crippen LogP contribution in [0.25, 0.3) is 10.2 Å². The van der Waals surface area contributed by atoms with E-state index >= 15 is 0 Å². The molecule has 3 aromatic rings. The number of hydrogen-bond donors (Lipinski definition) is 1. The monoisotopic (exact) mass is 389 g/mol. The van der Waals surface area contributed by atoms with Crippen molar-refractivity contribution in [2.75, 3.05) is 13.6 Å². The highest BCUT2D eigenvalue weighted by Crippen LogP contribution is 2.22. The second-order valence-corrected chi connectivity index (χ2v) is 8.67. The van der Waals surface area contributed by atoms with Gasteiger partial charge in [-0.15, -0.1) is 11.3 Å². The summed E-state index contributed by atoms with van der Waals surface area (Å²) in [6, 6.07) is 15.9. The summed E-state index contributed by atoms with van der Waals surface area (Å²) in [5.74, 6) is -0.139. The van der Waals surface area contributed by atoms with Crippen LogP contribution in [0.5, 0.6) is 0 Å². The number of hydrogen-bond acceptors (Lipinski definition) is 5. The summed E-state index contributed by atoms with van der Waals surface area (Å²) in [7, 11) is -1.89. The standard InChI is InChI=1S/C18H19N3O3S2/c1-21(13-17-20-15-9-5-6-10-16(15)25-17)18(22)11-12-19-26(23,24)14-7-3-2-4-8-14/h2-10,19H,11-13H2,1H3. The quantitative estimate of drug-likeness (QED) is 0.674. The number of rotatable bonds is 7. The highest BCUT2D eigenvalue weighted by Gasteiger charge is 2.16. The Morgan fingerprint density at radius 2 is 1.81 bits per heavy atom. The first-order valence-corrected chi connectivity index (χ1v) is 10.4. The van der Waals surface area contributed by atoms with Crippen molar-refractivity contribution in [2.45, 2.75) is 17.9 Å². The van der Waals surface area contributed by atoms with Gasteiger partial charge in [0.2, 0.25) is 15.9 Å². The Kier molecular flexibility index (Phi) is 5.65. The average Bonchev–Trinajstić information content (AvgIpc) is 3.04. The van der Waals surface area contributed by atoms with Crippen molar-refractivity contribution in [1.82, 2.24) is 14.6 Å². The SMILES string of the molecule is CN(Cc1nc2ccccc2s1)C(=O)CCNS(=O)(=O)c1ccccc1. The second-order valence-electron chi connectivity index (χ2n) is 5.79. The maximum Gasteiger partial charge on any atom is 0.240 e. The van der Waals surface area contributed by atoms with Crippen LogP contribution in [0, 0.1) is 0 Å². The molecule has 1 aromatic heterocycles. The third kappa shape index (κ3) is 4.46. The minimum absolute atomic E-state index is 0.0558. The predicted molar refractivity (Wildman–Crippen MR) is 102 cm³/mol. The predicted octanol–water partition coefficient (Wildman–Crippen LogP) is 2.62. The number of carbonyl (C=O) groups excluding carboxylic acids is 1. The Morgan fingerprint density at radius 3 is 2.54 bits per heavy atom. The molecule has 136 valence electrons. The molecule has 1 N–H and O–H groups in total. The van der Waals surface area contributed by atoms with Gasteiger partial charge in [0.05, 0.1) is 21.7 Å². The van der Waals surface area contributed by atoms with E-state index in [4.69, 9.17) is 0 Å². The molecule has 0 saturated heterocycles. The first kappa shape index (κ1) is 18.5. The van der Waals surface area contributed by atoms with E-state index in [2.05, 4.69) is 9.71 Å². The molecule has 0 aliphatic carbocycles. The fourth-order valence-corrected chi connectivity index (χ4v) is 4.52. The number of nitrogens with one attached hydrogen (secondary N) is 1. The number of nitrogens with zero attached hydrogens (tertiary/aromatic N) is 2. The number of amides is 1. The maximum absolute atomic E-state index is 12.3. The van der Waals surface area contributed by atoms with E-state index in [9.17, 15) is 13.2 Å². The normalized spacial score (nSPS) is 11.6. The van der Waals surface area contributed by atoms with Gasteiger partial charge in [0.1, 0.15) is 5.01 Å². The van der Waals surface area contributed by atoms with Crippen molar-refractivity contribution >= 4 is 37.5 Å². The van der Waals surface area contributed by atoms with Crippen LogP contribution in [0.3, 0.4) is 0 Å². The van der Waals surface area contributed by atoms with Gasteiger partial charge in [0, 0.05) is 20.0 Å². The maximum atomic E-state index is 12.3. The van der Waals surface area contributed by atoms with Gasteiger partial charge >= 0.3 is 0 Å². The molecular formula is C18H19N3O3S2. The summed E-state index contributed by atoms with van der Waals surface area (Å²) < 4.78 is 27.8. The van der Waals surface area contributed by atoms with Gasteiger partial charge in [-0.3, -0.25) is 4.79 Å². The van der Waals surface area contributed by atoms with Gasteiger partial charge in [-0.25, -0.2) is 18.1 Å². The van der Waals surface area contributed by atoms with E-state index in [1.165, 1.54) is 12.1 Å². The molecular weight excluding hydrogens is 370 g/mol. The van der Waals surface area contributed by atoms with Crippen molar-refractivity contribution in [3.8, 4) is 0 Å². The van der Waals surface area contributed by atoms with Crippen LogP contribution < -0.4 is 4.72 Å². The van der Waals surface area contributed by atoms with Crippen LogP contribution in [-0.4, -0.2) is 37.8 Å². The van der Waals surface area contributed by atoms with Crippen LogP contribution in [0.1, 0.15) is 11.4 Å². The first-order chi connectivity index (χ1) is 12.5. The minimum Gasteiger partial charge on any atom is -0.339 e. The van der Waals surface area contributed by atoms with Gasteiger partial charge in [0.15, 0.2) is 0 Å². The lowest BCUT2D eigenvalue weighted by Gasteiger charge is -2.15. The average molecular weight is 390 g/mol. The van der Waals surface area contributed by atoms with Gasteiger partial charge in [-0.05, 0) is 24.3 Å². The van der Waals surface area contributed by atoms with Gasteiger partial charge in [-0.2, -0.15) is 0 Å². The van der Waals surface area contributed by atoms with Crippen LogP contribution in [0.4, 0.5) is 0 Å². The number of benzene rings is 2. The lowest BCUT2D eigenvalue weighted by Crippen LogP contribution is -2.31. The molecule has 3 rings (SSSR count). The smallest absolute Gasteiger partial charge is 0.240 e. The highest BCUT2D eigenvalue weighted by atomic mass is 32.2.